The van der Waals surface area contributed by atoms with E-state index in [0.29, 0.717) is 26.1 Å². The fourth-order valence-electron chi connectivity index (χ4n) is 3.50. The Bertz CT molecular complexity index is 804. The van der Waals surface area contributed by atoms with Crippen molar-refractivity contribution in [2.24, 2.45) is 0 Å². The Labute approximate surface area is 163 Å². The molecule has 0 saturated carbocycles. The van der Waals surface area contributed by atoms with Crippen LogP contribution in [0.25, 0.3) is 0 Å². The van der Waals surface area contributed by atoms with Crippen LogP contribution in [0.3, 0.4) is 0 Å². The Morgan fingerprint density at radius 1 is 1.25 bits per heavy atom. The average molecular weight is 388 g/mol. The van der Waals surface area contributed by atoms with E-state index >= 15 is 0 Å². The lowest BCUT2D eigenvalue weighted by atomic mass is 9.95. The summed E-state index contributed by atoms with van der Waals surface area (Å²) < 4.78 is 9.79. The summed E-state index contributed by atoms with van der Waals surface area (Å²) >= 11 is 0. The van der Waals surface area contributed by atoms with Gasteiger partial charge in [-0.15, -0.1) is 0 Å². The molecular weight excluding hydrogens is 364 g/mol. The Kier molecular flexibility index (Phi) is 6.01. The fourth-order valence-corrected chi connectivity index (χ4v) is 3.50. The van der Waals surface area contributed by atoms with Crippen molar-refractivity contribution in [1.29, 1.82) is 0 Å². The van der Waals surface area contributed by atoms with E-state index in [2.05, 4.69) is 0 Å². The van der Waals surface area contributed by atoms with Gasteiger partial charge >= 0.3 is 5.97 Å². The van der Waals surface area contributed by atoms with Crippen LogP contribution in [0.4, 0.5) is 0 Å². The Hall–Kier alpha value is -2.84. The molecule has 0 aromatic heterocycles. The molecule has 1 fully saturated rings. The van der Waals surface area contributed by atoms with Crippen LogP contribution < -0.4 is 0 Å². The number of ether oxygens (including phenoxy) is 2. The number of rotatable bonds is 6. The second-order valence-electron chi connectivity index (χ2n) is 6.71. The number of piperazine rings is 1. The molecule has 2 aliphatic heterocycles. The number of aliphatic hydroxyl groups excluding tert-OH is 2. The zero-order valence-electron chi connectivity index (χ0n) is 15.9. The molecule has 2 aliphatic rings. The number of hydrogen-bond donors (Lipinski definition) is 2. The molecule has 0 bridgehead atoms. The summed E-state index contributed by atoms with van der Waals surface area (Å²) in [5, 5.41) is 20.9. The molecule has 8 nitrogen and oxygen atoms in total. The molecule has 8 heteroatoms. The van der Waals surface area contributed by atoms with Crippen LogP contribution in [0.15, 0.2) is 53.6 Å². The summed E-state index contributed by atoms with van der Waals surface area (Å²) in [4.78, 5) is 28.1. The average Bonchev–Trinajstić information content (AvgIpc) is 2.71. The maximum absolute atomic E-state index is 12.9. The number of carbonyl (C=O) groups is 2. The second-order valence-corrected chi connectivity index (χ2v) is 6.71. The van der Waals surface area contributed by atoms with Gasteiger partial charge in [0.15, 0.2) is 5.76 Å². The van der Waals surface area contributed by atoms with E-state index in [0.717, 1.165) is 5.56 Å². The minimum Gasteiger partial charge on any atom is -0.507 e. The van der Waals surface area contributed by atoms with E-state index in [9.17, 15) is 19.8 Å². The molecule has 2 N–H and O–H groups in total. The van der Waals surface area contributed by atoms with Gasteiger partial charge in [0, 0.05) is 26.4 Å². The van der Waals surface area contributed by atoms with Crippen LogP contribution in [0, 0.1) is 0 Å². The molecular formula is C20H24N2O6. The topological polar surface area (TPSA) is 99.5 Å². The second kappa shape index (κ2) is 8.45. The van der Waals surface area contributed by atoms with Gasteiger partial charge in [-0.05, 0) is 12.0 Å². The van der Waals surface area contributed by atoms with Crippen molar-refractivity contribution in [3.05, 3.63) is 59.1 Å². The van der Waals surface area contributed by atoms with Crippen LogP contribution in [0.1, 0.15) is 5.56 Å². The van der Waals surface area contributed by atoms with Gasteiger partial charge in [-0.2, -0.15) is 0 Å². The first-order valence-electron chi connectivity index (χ1n) is 8.99. The van der Waals surface area contributed by atoms with Gasteiger partial charge in [-0.3, -0.25) is 4.79 Å². The third-order valence-corrected chi connectivity index (χ3v) is 4.95. The number of hydrogen-bond acceptors (Lipinski definition) is 7. The van der Waals surface area contributed by atoms with Crippen molar-refractivity contribution in [2.45, 2.75) is 18.6 Å². The van der Waals surface area contributed by atoms with Crippen molar-refractivity contribution in [3.8, 4) is 0 Å². The van der Waals surface area contributed by atoms with E-state index in [1.807, 2.05) is 30.3 Å². The molecule has 1 aromatic carbocycles. The molecule has 2 atom stereocenters. The number of esters is 1. The number of fused-ring (bicyclic) bond motifs is 1. The summed E-state index contributed by atoms with van der Waals surface area (Å²) in [6, 6.07) is 9.49. The van der Waals surface area contributed by atoms with Gasteiger partial charge in [0.1, 0.15) is 11.8 Å². The Morgan fingerprint density at radius 3 is 2.61 bits per heavy atom. The first-order valence-corrected chi connectivity index (χ1v) is 8.99. The Balaban J connectivity index is 2.00. The first-order chi connectivity index (χ1) is 13.5. The molecule has 0 spiro atoms. The zero-order chi connectivity index (χ0) is 20.3. The van der Waals surface area contributed by atoms with E-state index in [4.69, 9.17) is 9.47 Å². The molecule has 2 heterocycles. The standard InChI is InChI=1S/C20H24N2O6/c1-27-9-8-21-11-14(10-13-6-4-3-5-7-13)22-12-15(20(26)28-2)17(23)18(24)16(22)19(21)25/h3-7,12,14,17,23-24H,8-11H2,1-2H3/t14-,17?/m0/s1. The first kappa shape index (κ1) is 19.9. The minimum absolute atomic E-state index is 0.0246. The molecule has 1 unspecified atom stereocenters. The summed E-state index contributed by atoms with van der Waals surface area (Å²) in [7, 11) is 2.75. The number of aliphatic hydroxyl groups is 2. The summed E-state index contributed by atoms with van der Waals surface area (Å²) in [5.41, 5.74) is 0.912. The van der Waals surface area contributed by atoms with Gasteiger partial charge in [0.25, 0.3) is 5.91 Å². The van der Waals surface area contributed by atoms with Gasteiger partial charge < -0.3 is 29.5 Å². The highest BCUT2D eigenvalue weighted by Crippen LogP contribution is 2.32. The van der Waals surface area contributed by atoms with Crippen molar-refractivity contribution in [3.63, 3.8) is 0 Å². The number of amides is 1. The molecule has 28 heavy (non-hydrogen) atoms. The molecule has 1 amide bonds. The SMILES string of the molecule is COCCN1C[C@H](Cc2ccccc2)N2C=C(C(=O)OC)C(O)C(O)=C2C1=O. The molecule has 1 aromatic rings. The normalized spacial score (nSPS) is 22.1. The number of nitrogens with zero attached hydrogens (tertiary/aromatic N) is 2. The third kappa shape index (κ3) is 3.74. The van der Waals surface area contributed by atoms with Gasteiger partial charge in [-0.25, -0.2) is 4.79 Å². The highest BCUT2D eigenvalue weighted by Gasteiger charge is 2.43. The highest BCUT2D eigenvalue weighted by atomic mass is 16.5. The van der Waals surface area contributed by atoms with Crippen molar-refractivity contribution in [2.75, 3.05) is 33.9 Å². The predicted octanol–water partition coefficient (Wildman–Crippen LogP) is 0.589. The van der Waals surface area contributed by atoms with Crippen LogP contribution in [-0.4, -0.2) is 78.0 Å². The van der Waals surface area contributed by atoms with E-state index in [1.54, 1.807) is 16.9 Å². The lowest BCUT2D eigenvalue weighted by Gasteiger charge is -2.44. The van der Waals surface area contributed by atoms with Crippen molar-refractivity contribution < 1.29 is 29.3 Å². The van der Waals surface area contributed by atoms with E-state index < -0.39 is 23.7 Å². The third-order valence-electron chi connectivity index (χ3n) is 4.95. The molecule has 0 aliphatic carbocycles. The lowest BCUT2D eigenvalue weighted by molar-refractivity contribution is -0.139. The van der Waals surface area contributed by atoms with Crippen molar-refractivity contribution >= 4 is 11.9 Å². The minimum atomic E-state index is -1.61. The van der Waals surface area contributed by atoms with E-state index in [-0.39, 0.29) is 17.3 Å². The molecule has 1 saturated heterocycles. The number of carbonyl (C=O) groups excluding carboxylic acids is 2. The van der Waals surface area contributed by atoms with Gasteiger partial charge in [-0.1, -0.05) is 30.3 Å². The van der Waals surface area contributed by atoms with Crippen LogP contribution in [0.2, 0.25) is 0 Å². The maximum Gasteiger partial charge on any atom is 0.338 e. The smallest absolute Gasteiger partial charge is 0.338 e. The summed E-state index contributed by atoms with van der Waals surface area (Å²) in [6.45, 7) is 1.09. The van der Waals surface area contributed by atoms with Crippen LogP contribution in [0.5, 0.6) is 0 Å². The molecule has 3 rings (SSSR count). The maximum atomic E-state index is 12.9. The largest absolute Gasteiger partial charge is 0.507 e. The van der Waals surface area contributed by atoms with Crippen LogP contribution >= 0.6 is 0 Å². The lowest BCUT2D eigenvalue weighted by Crippen LogP contribution is -2.56. The molecule has 0 radical (unpaired) electrons. The van der Waals surface area contributed by atoms with Gasteiger partial charge in [0.05, 0.1) is 25.3 Å². The predicted molar refractivity (Wildman–Crippen MR) is 100.0 cm³/mol. The Morgan fingerprint density at radius 2 is 1.96 bits per heavy atom. The van der Waals surface area contributed by atoms with Crippen molar-refractivity contribution in [1.82, 2.24) is 9.80 Å². The molecule has 150 valence electrons. The fraction of sp³-hybridized carbons (Fsp3) is 0.400. The van der Waals surface area contributed by atoms with Crippen LogP contribution in [-0.2, 0) is 25.5 Å². The number of methoxy groups -OCH3 is 2. The van der Waals surface area contributed by atoms with Gasteiger partial charge in [0.2, 0.25) is 0 Å². The van der Waals surface area contributed by atoms with E-state index in [1.165, 1.54) is 13.3 Å². The number of benzene rings is 1. The zero-order valence-corrected chi connectivity index (χ0v) is 15.9. The summed E-state index contributed by atoms with van der Waals surface area (Å²) in [5.74, 6) is -1.73. The quantitative estimate of drug-likeness (QED) is 0.688. The monoisotopic (exact) mass is 388 g/mol. The summed E-state index contributed by atoms with van der Waals surface area (Å²) in [6.07, 6.45) is 0.377. The highest BCUT2D eigenvalue weighted by molar-refractivity contribution is 5.97.